The zero-order valence-electron chi connectivity index (χ0n) is 13.8. The highest BCUT2D eigenvalue weighted by Gasteiger charge is 2.41. The molecule has 0 radical (unpaired) electrons. The third-order valence-electron chi connectivity index (χ3n) is 4.31. The van der Waals surface area contributed by atoms with Gasteiger partial charge in [0.05, 0.1) is 28.4 Å². The molecular formula is C19H17Cl2NO3. The Bertz CT molecular complexity index is 798. The molecule has 0 N–H and O–H groups in total. The van der Waals surface area contributed by atoms with Crippen LogP contribution in [0.25, 0.3) is 0 Å². The van der Waals surface area contributed by atoms with Crippen LogP contribution in [0.1, 0.15) is 35.2 Å². The van der Waals surface area contributed by atoms with Crippen molar-refractivity contribution in [3.05, 3.63) is 63.6 Å². The molecule has 0 heterocycles. The van der Waals surface area contributed by atoms with Crippen LogP contribution in [-0.2, 0) is 4.84 Å². The zero-order chi connectivity index (χ0) is 18.0. The first-order valence-corrected chi connectivity index (χ1v) is 8.60. The topological polar surface area (TPSA) is 47.9 Å². The van der Waals surface area contributed by atoms with Gasteiger partial charge in [0.1, 0.15) is 5.75 Å². The fourth-order valence-corrected chi connectivity index (χ4v) is 3.35. The van der Waals surface area contributed by atoms with Gasteiger partial charge in [-0.05, 0) is 49.1 Å². The molecule has 0 aliphatic heterocycles. The maximum Gasteiger partial charge on any atom is 0.368 e. The fourth-order valence-electron chi connectivity index (χ4n) is 2.80. The molecule has 130 valence electrons. The average molecular weight is 378 g/mol. The van der Waals surface area contributed by atoms with Crippen molar-refractivity contribution in [2.24, 2.45) is 11.1 Å². The van der Waals surface area contributed by atoms with Crippen molar-refractivity contribution in [2.75, 3.05) is 7.11 Å². The van der Waals surface area contributed by atoms with Crippen LogP contribution in [0.2, 0.25) is 10.0 Å². The largest absolute Gasteiger partial charge is 0.497 e. The lowest BCUT2D eigenvalue weighted by atomic mass is 10.1. The van der Waals surface area contributed by atoms with Gasteiger partial charge in [0.25, 0.3) is 0 Å². The second-order valence-corrected chi connectivity index (χ2v) is 6.74. The van der Waals surface area contributed by atoms with E-state index in [0.717, 1.165) is 17.9 Å². The minimum atomic E-state index is -0.656. The van der Waals surface area contributed by atoms with Crippen molar-refractivity contribution >= 4 is 34.9 Å². The van der Waals surface area contributed by atoms with E-state index in [2.05, 4.69) is 5.16 Å². The summed E-state index contributed by atoms with van der Waals surface area (Å²) in [5.41, 5.74) is 2.13. The predicted octanol–water partition coefficient (Wildman–Crippen LogP) is 5.34. The van der Waals surface area contributed by atoms with Gasteiger partial charge in [-0.15, -0.1) is 0 Å². The van der Waals surface area contributed by atoms with Gasteiger partial charge in [0.2, 0.25) is 0 Å². The number of oxime groups is 1. The molecule has 3 rings (SSSR count). The SMILES string of the molecule is COc1ccc([C@@H]2C[C@@H]2/C(C)=N\OC(=O)c2c(Cl)cccc2Cl)cc1. The molecule has 1 fully saturated rings. The molecule has 2 aromatic carbocycles. The number of methoxy groups -OCH3 is 1. The van der Waals surface area contributed by atoms with Crippen molar-refractivity contribution in [3.63, 3.8) is 0 Å². The van der Waals surface area contributed by atoms with Crippen LogP contribution in [0, 0.1) is 5.92 Å². The summed E-state index contributed by atoms with van der Waals surface area (Å²) in [6.07, 6.45) is 0.978. The van der Waals surface area contributed by atoms with Crippen molar-refractivity contribution in [1.82, 2.24) is 0 Å². The van der Waals surface area contributed by atoms with Gasteiger partial charge in [0, 0.05) is 5.92 Å². The quantitative estimate of drug-likeness (QED) is 0.401. The van der Waals surface area contributed by atoms with Gasteiger partial charge in [0.15, 0.2) is 0 Å². The normalized spacial score (nSPS) is 19.4. The molecule has 0 unspecified atom stereocenters. The first kappa shape index (κ1) is 17.8. The van der Waals surface area contributed by atoms with Gasteiger partial charge in [-0.2, -0.15) is 0 Å². The Balaban J connectivity index is 1.64. The van der Waals surface area contributed by atoms with Crippen LogP contribution < -0.4 is 4.74 Å². The lowest BCUT2D eigenvalue weighted by Crippen LogP contribution is -2.06. The maximum atomic E-state index is 12.1. The second kappa shape index (κ2) is 7.46. The third-order valence-corrected chi connectivity index (χ3v) is 4.94. The number of nitrogens with zero attached hydrogens (tertiary/aromatic N) is 1. The number of ether oxygens (including phenoxy) is 1. The number of carbonyl (C=O) groups excluding carboxylic acids is 1. The molecule has 2 aromatic rings. The molecule has 0 bridgehead atoms. The third kappa shape index (κ3) is 3.97. The predicted molar refractivity (Wildman–Crippen MR) is 98.8 cm³/mol. The highest BCUT2D eigenvalue weighted by atomic mass is 35.5. The van der Waals surface area contributed by atoms with E-state index in [1.54, 1.807) is 25.3 Å². The maximum absolute atomic E-state index is 12.1. The highest BCUT2D eigenvalue weighted by Crippen LogP contribution is 2.48. The van der Waals surface area contributed by atoms with Crippen LogP contribution in [0.15, 0.2) is 47.6 Å². The molecule has 4 nitrogen and oxygen atoms in total. The molecule has 1 aliphatic carbocycles. The summed E-state index contributed by atoms with van der Waals surface area (Å²) in [6.45, 7) is 1.86. The standard InChI is InChI=1S/C19H17Cl2NO3/c1-11(14-10-15(14)12-6-8-13(24-2)9-7-12)22-25-19(23)18-16(20)4-3-5-17(18)21/h3-9,14-15H,10H2,1-2H3/b22-11-/t14-,15+/m1/s1. The van der Waals surface area contributed by atoms with Crippen LogP contribution in [0.4, 0.5) is 0 Å². The molecule has 6 heteroatoms. The second-order valence-electron chi connectivity index (χ2n) is 5.93. The van der Waals surface area contributed by atoms with Crippen LogP contribution in [0.5, 0.6) is 5.75 Å². The lowest BCUT2D eigenvalue weighted by Gasteiger charge is -2.05. The monoisotopic (exact) mass is 377 g/mol. The van der Waals surface area contributed by atoms with E-state index in [4.69, 9.17) is 32.8 Å². The number of benzene rings is 2. The molecule has 0 amide bonds. The van der Waals surface area contributed by atoms with Gasteiger partial charge in [-0.1, -0.05) is 46.6 Å². The van der Waals surface area contributed by atoms with E-state index in [-0.39, 0.29) is 21.5 Å². The summed E-state index contributed by atoms with van der Waals surface area (Å²) in [5.74, 6) is 0.827. The van der Waals surface area contributed by atoms with Gasteiger partial charge < -0.3 is 9.57 Å². The summed E-state index contributed by atoms with van der Waals surface area (Å²) in [5, 5.41) is 4.47. The number of halogens is 2. The van der Waals surface area contributed by atoms with Crippen molar-refractivity contribution in [2.45, 2.75) is 19.3 Å². The molecule has 1 saturated carbocycles. The first-order valence-electron chi connectivity index (χ1n) is 7.85. The Labute approximate surface area is 156 Å². The Morgan fingerprint density at radius 2 is 1.76 bits per heavy atom. The van der Waals surface area contributed by atoms with Crippen molar-refractivity contribution < 1.29 is 14.4 Å². The Morgan fingerprint density at radius 1 is 1.12 bits per heavy atom. The van der Waals surface area contributed by atoms with E-state index >= 15 is 0 Å². The van der Waals surface area contributed by atoms with Gasteiger partial charge in [-0.3, -0.25) is 0 Å². The molecule has 0 saturated heterocycles. The van der Waals surface area contributed by atoms with E-state index in [1.165, 1.54) is 5.56 Å². The lowest BCUT2D eigenvalue weighted by molar-refractivity contribution is 0.0515. The summed E-state index contributed by atoms with van der Waals surface area (Å²) in [6, 6.07) is 12.8. The number of carbonyl (C=O) groups is 1. The smallest absolute Gasteiger partial charge is 0.368 e. The van der Waals surface area contributed by atoms with E-state index < -0.39 is 5.97 Å². The van der Waals surface area contributed by atoms with Gasteiger partial charge in [-0.25, -0.2) is 4.79 Å². The first-order chi connectivity index (χ1) is 12.0. The molecular weight excluding hydrogens is 361 g/mol. The van der Waals surface area contributed by atoms with Crippen LogP contribution >= 0.6 is 23.2 Å². The van der Waals surface area contributed by atoms with E-state index in [9.17, 15) is 4.79 Å². The molecule has 2 atom stereocenters. The van der Waals surface area contributed by atoms with E-state index in [0.29, 0.717) is 5.92 Å². The summed E-state index contributed by atoms with van der Waals surface area (Å²) < 4.78 is 5.17. The summed E-state index contributed by atoms with van der Waals surface area (Å²) in [4.78, 5) is 17.2. The van der Waals surface area contributed by atoms with E-state index in [1.807, 2.05) is 31.2 Å². The zero-order valence-corrected chi connectivity index (χ0v) is 15.3. The number of rotatable bonds is 5. The summed E-state index contributed by atoms with van der Waals surface area (Å²) in [7, 11) is 1.64. The Morgan fingerprint density at radius 3 is 2.36 bits per heavy atom. The summed E-state index contributed by atoms with van der Waals surface area (Å²) >= 11 is 12.0. The minimum absolute atomic E-state index is 0.130. The fraction of sp³-hybridized carbons (Fsp3) is 0.263. The van der Waals surface area contributed by atoms with Crippen LogP contribution in [-0.4, -0.2) is 18.8 Å². The number of hydrogen-bond acceptors (Lipinski definition) is 4. The average Bonchev–Trinajstić information content (AvgIpc) is 3.40. The van der Waals surface area contributed by atoms with Crippen molar-refractivity contribution in [1.29, 1.82) is 0 Å². The van der Waals surface area contributed by atoms with Crippen molar-refractivity contribution in [3.8, 4) is 5.75 Å². The molecule has 0 spiro atoms. The Kier molecular flexibility index (Phi) is 5.30. The highest BCUT2D eigenvalue weighted by molar-refractivity contribution is 6.39. The minimum Gasteiger partial charge on any atom is -0.497 e. The van der Waals surface area contributed by atoms with Gasteiger partial charge >= 0.3 is 5.97 Å². The molecule has 1 aliphatic rings. The molecule has 25 heavy (non-hydrogen) atoms. The molecule has 0 aromatic heterocycles. The van der Waals surface area contributed by atoms with Crippen LogP contribution in [0.3, 0.4) is 0 Å². The number of hydrogen-bond donors (Lipinski definition) is 0. The Hall–Kier alpha value is -2.04.